The Morgan fingerprint density at radius 3 is 2.24 bits per heavy atom. The van der Waals surface area contributed by atoms with Crippen molar-refractivity contribution in [3.05, 3.63) is 65.2 Å². The fraction of sp³-hybridized carbons (Fsp3) is 0.375. The minimum atomic E-state index is -4.14. The third-order valence-corrected chi connectivity index (χ3v) is 7.12. The number of hydrogen-bond donors (Lipinski definition) is 1. The number of hydrogen-bond acceptors (Lipinski definition) is 5. The van der Waals surface area contributed by atoms with Crippen LogP contribution in [-0.4, -0.2) is 53.5 Å². The third kappa shape index (κ3) is 5.24. The summed E-state index contributed by atoms with van der Waals surface area (Å²) in [6.45, 7) is 8.42. The van der Waals surface area contributed by atoms with Gasteiger partial charge in [-0.2, -0.15) is 0 Å². The van der Waals surface area contributed by atoms with E-state index in [0.29, 0.717) is 4.31 Å². The van der Waals surface area contributed by atoms with Crippen molar-refractivity contribution in [2.24, 2.45) is 0 Å². The molecule has 0 saturated heterocycles. The molecule has 3 rings (SSSR count). The summed E-state index contributed by atoms with van der Waals surface area (Å²) >= 11 is 0. The van der Waals surface area contributed by atoms with Gasteiger partial charge in [0, 0.05) is 12.1 Å². The van der Waals surface area contributed by atoms with Gasteiger partial charge in [0.05, 0.1) is 5.56 Å². The Balaban J connectivity index is 1.89. The van der Waals surface area contributed by atoms with Crippen molar-refractivity contribution in [3.63, 3.8) is 0 Å². The van der Waals surface area contributed by atoms with Gasteiger partial charge in [-0.05, 0) is 52.3 Å². The Labute approximate surface area is 194 Å². The molecule has 9 heteroatoms. The molecule has 33 heavy (non-hydrogen) atoms. The number of amides is 3. The lowest BCUT2D eigenvalue weighted by Crippen LogP contribution is -2.54. The highest BCUT2D eigenvalue weighted by molar-refractivity contribution is 7.90. The summed E-state index contributed by atoms with van der Waals surface area (Å²) in [4.78, 5) is 40.1. The Kier molecular flexibility index (Phi) is 6.65. The second-order valence-electron chi connectivity index (χ2n) is 9.24. The SMILES string of the molecule is Cc1ccc(CN(C(=O)CN2C(=O)c3ccccc3S2(=O)=O)C(C)C(=O)NC(C)(C)C)cc1. The van der Waals surface area contributed by atoms with Crippen molar-refractivity contribution in [3.8, 4) is 0 Å². The first-order valence-corrected chi connectivity index (χ1v) is 12.1. The maximum absolute atomic E-state index is 13.4. The lowest BCUT2D eigenvalue weighted by Gasteiger charge is -2.32. The van der Waals surface area contributed by atoms with Crippen molar-refractivity contribution in [2.45, 2.75) is 57.6 Å². The van der Waals surface area contributed by atoms with Crippen molar-refractivity contribution >= 4 is 27.7 Å². The fourth-order valence-corrected chi connectivity index (χ4v) is 5.07. The third-order valence-electron chi connectivity index (χ3n) is 5.33. The molecule has 1 atom stereocenters. The molecular weight excluding hydrogens is 442 g/mol. The normalized spacial score (nSPS) is 15.7. The van der Waals surface area contributed by atoms with Crippen LogP contribution in [0.2, 0.25) is 0 Å². The van der Waals surface area contributed by atoms with Crippen LogP contribution in [0.25, 0.3) is 0 Å². The summed E-state index contributed by atoms with van der Waals surface area (Å²) in [5, 5.41) is 2.85. The van der Waals surface area contributed by atoms with Gasteiger partial charge in [-0.1, -0.05) is 42.0 Å². The molecule has 1 unspecified atom stereocenters. The maximum atomic E-state index is 13.4. The van der Waals surface area contributed by atoms with Crippen molar-refractivity contribution in [1.82, 2.24) is 14.5 Å². The number of nitrogens with zero attached hydrogens (tertiary/aromatic N) is 2. The first kappa shape index (κ1) is 24.4. The van der Waals surface area contributed by atoms with Crippen molar-refractivity contribution in [1.29, 1.82) is 0 Å². The van der Waals surface area contributed by atoms with E-state index in [9.17, 15) is 22.8 Å². The van der Waals surface area contributed by atoms with Crippen LogP contribution >= 0.6 is 0 Å². The summed E-state index contributed by atoms with van der Waals surface area (Å²) in [6, 6.07) is 12.4. The molecule has 1 aliphatic heterocycles. The molecule has 3 amide bonds. The van der Waals surface area contributed by atoms with Crippen LogP contribution in [-0.2, 0) is 26.2 Å². The Morgan fingerprint density at radius 1 is 1.06 bits per heavy atom. The number of carbonyl (C=O) groups is 3. The van der Waals surface area contributed by atoms with E-state index in [1.807, 2.05) is 52.0 Å². The van der Waals surface area contributed by atoms with Gasteiger partial charge < -0.3 is 10.2 Å². The Morgan fingerprint density at radius 2 is 1.67 bits per heavy atom. The average molecular weight is 472 g/mol. The van der Waals surface area contributed by atoms with Crippen molar-refractivity contribution in [2.75, 3.05) is 6.54 Å². The van der Waals surface area contributed by atoms with Gasteiger partial charge in [-0.25, -0.2) is 12.7 Å². The summed E-state index contributed by atoms with van der Waals surface area (Å²) in [5.74, 6) is -1.76. The first-order chi connectivity index (χ1) is 15.3. The summed E-state index contributed by atoms with van der Waals surface area (Å²) in [5.41, 5.74) is 1.35. The van der Waals surface area contributed by atoms with Crippen LogP contribution in [0.5, 0.6) is 0 Å². The zero-order valence-corrected chi connectivity index (χ0v) is 20.3. The van der Waals surface area contributed by atoms with Crippen LogP contribution in [0, 0.1) is 6.92 Å². The molecule has 0 radical (unpaired) electrons. The molecule has 1 heterocycles. The quantitative estimate of drug-likeness (QED) is 0.697. The highest BCUT2D eigenvalue weighted by atomic mass is 32.2. The zero-order valence-electron chi connectivity index (χ0n) is 19.5. The van der Waals surface area contributed by atoms with Crippen LogP contribution < -0.4 is 5.32 Å². The summed E-state index contributed by atoms with van der Waals surface area (Å²) in [7, 11) is -4.14. The molecule has 0 aromatic heterocycles. The molecule has 176 valence electrons. The van der Waals surface area contributed by atoms with Crippen LogP contribution in [0.15, 0.2) is 53.4 Å². The van der Waals surface area contributed by atoms with Gasteiger partial charge in [-0.3, -0.25) is 14.4 Å². The van der Waals surface area contributed by atoms with E-state index in [1.54, 1.807) is 13.0 Å². The standard InChI is InChI=1S/C24H29N3O5S/c1-16-10-12-18(13-11-16)14-26(17(2)22(29)25-24(3,4)5)21(28)15-27-23(30)19-8-6-7-9-20(19)33(27,31)32/h6-13,17H,14-15H2,1-5H3,(H,25,29). The topological polar surface area (TPSA) is 104 Å². The number of aryl methyl sites for hydroxylation is 1. The number of rotatable bonds is 6. The predicted molar refractivity (Wildman–Crippen MR) is 124 cm³/mol. The van der Waals surface area contributed by atoms with E-state index in [-0.39, 0.29) is 22.9 Å². The van der Waals surface area contributed by atoms with Crippen LogP contribution in [0.3, 0.4) is 0 Å². The molecule has 2 aromatic rings. The number of fused-ring (bicyclic) bond motifs is 1. The summed E-state index contributed by atoms with van der Waals surface area (Å²) in [6.07, 6.45) is 0. The molecule has 0 saturated carbocycles. The molecule has 0 fully saturated rings. The lowest BCUT2D eigenvalue weighted by molar-refractivity contribution is -0.141. The number of carbonyl (C=O) groups excluding carboxylic acids is 3. The van der Waals surface area contributed by atoms with E-state index in [0.717, 1.165) is 11.1 Å². The fourth-order valence-electron chi connectivity index (χ4n) is 3.55. The lowest BCUT2D eigenvalue weighted by atomic mass is 10.1. The van der Waals surface area contributed by atoms with E-state index in [4.69, 9.17) is 0 Å². The molecule has 0 spiro atoms. The maximum Gasteiger partial charge on any atom is 0.269 e. The molecule has 1 N–H and O–H groups in total. The Bertz CT molecular complexity index is 1180. The van der Waals surface area contributed by atoms with Crippen LogP contribution in [0.1, 0.15) is 49.2 Å². The zero-order chi connectivity index (χ0) is 24.6. The molecular formula is C24H29N3O5S. The predicted octanol–water partition coefficient (Wildman–Crippen LogP) is 2.47. The molecule has 0 bridgehead atoms. The average Bonchev–Trinajstić information content (AvgIpc) is 2.92. The van der Waals surface area contributed by atoms with Gasteiger partial charge in [-0.15, -0.1) is 0 Å². The van der Waals surface area contributed by atoms with E-state index < -0.39 is 40.0 Å². The Hall–Kier alpha value is -3.20. The smallest absolute Gasteiger partial charge is 0.269 e. The molecule has 2 aromatic carbocycles. The minimum Gasteiger partial charge on any atom is -0.350 e. The van der Waals surface area contributed by atoms with Gasteiger partial charge in [0.15, 0.2) is 0 Å². The molecule has 0 aliphatic carbocycles. The largest absolute Gasteiger partial charge is 0.350 e. The second kappa shape index (κ2) is 8.97. The number of nitrogens with one attached hydrogen (secondary N) is 1. The highest BCUT2D eigenvalue weighted by Gasteiger charge is 2.43. The van der Waals surface area contributed by atoms with E-state index in [1.165, 1.54) is 23.1 Å². The highest BCUT2D eigenvalue weighted by Crippen LogP contribution is 2.30. The minimum absolute atomic E-state index is 0.0360. The molecule has 1 aliphatic rings. The van der Waals surface area contributed by atoms with Gasteiger partial charge in [0.25, 0.3) is 15.9 Å². The number of sulfonamides is 1. The summed E-state index contributed by atoms with van der Waals surface area (Å²) < 4.78 is 26.4. The van der Waals surface area contributed by atoms with Gasteiger partial charge >= 0.3 is 0 Å². The molecule has 8 nitrogen and oxygen atoms in total. The number of benzene rings is 2. The second-order valence-corrected chi connectivity index (χ2v) is 11.1. The first-order valence-electron chi connectivity index (χ1n) is 10.6. The van der Waals surface area contributed by atoms with Crippen LogP contribution in [0.4, 0.5) is 0 Å². The van der Waals surface area contributed by atoms with Gasteiger partial charge in [0.2, 0.25) is 11.8 Å². The van der Waals surface area contributed by atoms with Gasteiger partial charge in [0.1, 0.15) is 17.5 Å². The van der Waals surface area contributed by atoms with E-state index in [2.05, 4.69) is 5.32 Å². The monoisotopic (exact) mass is 471 g/mol. The van der Waals surface area contributed by atoms with E-state index >= 15 is 0 Å². The van der Waals surface area contributed by atoms with Crippen molar-refractivity contribution < 1.29 is 22.8 Å².